The molecule has 10 heteroatoms. The van der Waals surface area contributed by atoms with Crippen LogP contribution in [0.5, 0.6) is 0 Å². The minimum absolute atomic E-state index is 0.147. The zero-order valence-electron chi connectivity index (χ0n) is 20.3. The third kappa shape index (κ3) is 4.75. The number of rotatable bonds is 8. The topological polar surface area (TPSA) is 70.9 Å². The third-order valence-electron chi connectivity index (χ3n) is 6.52. The molecule has 4 heterocycles. The van der Waals surface area contributed by atoms with Crippen molar-refractivity contribution in [3.8, 4) is 16.8 Å². The lowest BCUT2D eigenvalue weighted by Crippen LogP contribution is -2.41. The van der Waals surface area contributed by atoms with Crippen LogP contribution >= 0.6 is 11.9 Å². The van der Waals surface area contributed by atoms with Crippen LogP contribution in [0.2, 0.25) is 0 Å². The number of nitrogens with zero attached hydrogens (tertiary/aromatic N) is 5. The van der Waals surface area contributed by atoms with Crippen LogP contribution in [0.25, 0.3) is 27.8 Å². The van der Waals surface area contributed by atoms with Crippen molar-refractivity contribution in [1.29, 1.82) is 0 Å². The fourth-order valence-electron chi connectivity index (χ4n) is 4.58. The number of benzene rings is 1. The highest BCUT2D eigenvalue weighted by molar-refractivity contribution is 8.00. The van der Waals surface area contributed by atoms with Crippen LogP contribution < -0.4 is 14.9 Å². The Labute approximate surface area is 213 Å². The standard InChI is InChI=1S/C26H29F2N7S/c1-3-12-36-33-21-5-4-20(27)26(24(21)28)35-15-19(17-13-30-16-31-14-17)25-22(35)6-7-23(32-25)34(2)18-8-10-29-11-9-18/h4-7,13-16,18,29,33H,3,8-12H2,1-2H3. The quantitative estimate of drug-likeness (QED) is 0.243. The van der Waals surface area contributed by atoms with Crippen LogP contribution in [0.1, 0.15) is 26.2 Å². The van der Waals surface area contributed by atoms with Crippen molar-refractivity contribution in [3.63, 3.8) is 0 Å². The van der Waals surface area contributed by atoms with Gasteiger partial charge in [-0.3, -0.25) is 0 Å². The second-order valence-electron chi connectivity index (χ2n) is 8.88. The molecule has 0 atom stereocenters. The summed E-state index contributed by atoms with van der Waals surface area (Å²) < 4.78 is 35.3. The van der Waals surface area contributed by atoms with Crippen LogP contribution in [0, 0.1) is 11.6 Å². The SMILES string of the molecule is CCCSNc1ccc(F)c(-n2cc(-c3cncnc3)c3nc(N(C)C4CCNCC4)ccc32)c1F. The van der Waals surface area contributed by atoms with Gasteiger partial charge in [-0.25, -0.2) is 23.7 Å². The van der Waals surface area contributed by atoms with Gasteiger partial charge in [-0.1, -0.05) is 18.9 Å². The fourth-order valence-corrected chi connectivity index (χ4v) is 5.20. The molecule has 1 aliphatic rings. The monoisotopic (exact) mass is 509 g/mol. The number of nitrogens with one attached hydrogen (secondary N) is 2. The van der Waals surface area contributed by atoms with Crippen molar-refractivity contribution < 1.29 is 8.78 Å². The summed E-state index contributed by atoms with van der Waals surface area (Å²) >= 11 is 1.39. The molecule has 0 saturated carbocycles. The van der Waals surface area contributed by atoms with Gasteiger partial charge in [0.2, 0.25) is 0 Å². The first-order valence-electron chi connectivity index (χ1n) is 12.2. The highest BCUT2D eigenvalue weighted by atomic mass is 32.2. The minimum atomic E-state index is -0.651. The zero-order chi connectivity index (χ0) is 25.1. The zero-order valence-corrected chi connectivity index (χ0v) is 21.2. The first-order chi connectivity index (χ1) is 17.6. The summed E-state index contributed by atoms with van der Waals surface area (Å²) in [5, 5.41) is 3.39. The molecule has 0 radical (unpaired) electrons. The fraction of sp³-hybridized carbons (Fsp3) is 0.346. The first kappa shape index (κ1) is 24.5. The van der Waals surface area contributed by atoms with Gasteiger partial charge in [0.05, 0.1) is 16.7 Å². The predicted octanol–water partition coefficient (Wildman–Crippen LogP) is 5.42. The molecule has 2 N–H and O–H groups in total. The Morgan fingerprint density at radius 1 is 1.14 bits per heavy atom. The smallest absolute Gasteiger partial charge is 0.174 e. The molecule has 1 aliphatic heterocycles. The van der Waals surface area contributed by atoms with Crippen molar-refractivity contribution >= 4 is 34.5 Å². The largest absolute Gasteiger partial charge is 0.357 e. The Balaban J connectivity index is 1.64. The van der Waals surface area contributed by atoms with E-state index in [0.29, 0.717) is 22.6 Å². The van der Waals surface area contributed by atoms with E-state index in [0.717, 1.165) is 49.5 Å². The summed E-state index contributed by atoms with van der Waals surface area (Å²) in [7, 11) is 2.05. The molecule has 1 fully saturated rings. The number of piperidine rings is 1. The Morgan fingerprint density at radius 2 is 1.92 bits per heavy atom. The number of hydrogen-bond acceptors (Lipinski definition) is 7. The van der Waals surface area contributed by atoms with E-state index >= 15 is 8.78 Å². The highest BCUT2D eigenvalue weighted by Gasteiger charge is 2.23. The van der Waals surface area contributed by atoms with E-state index in [1.165, 1.54) is 30.4 Å². The van der Waals surface area contributed by atoms with E-state index in [4.69, 9.17) is 4.98 Å². The Morgan fingerprint density at radius 3 is 2.67 bits per heavy atom. The van der Waals surface area contributed by atoms with Crippen LogP contribution in [-0.2, 0) is 0 Å². The molecule has 4 aromatic rings. The van der Waals surface area contributed by atoms with Gasteiger partial charge >= 0.3 is 0 Å². The van der Waals surface area contributed by atoms with Gasteiger partial charge in [-0.15, -0.1) is 0 Å². The van der Waals surface area contributed by atoms with E-state index in [9.17, 15) is 0 Å². The maximum Gasteiger partial charge on any atom is 0.174 e. The summed E-state index contributed by atoms with van der Waals surface area (Å²) in [6, 6.07) is 6.89. The summed E-state index contributed by atoms with van der Waals surface area (Å²) in [4.78, 5) is 15.5. The second-order valence-corrected chi connectivity index (χ2v) is 9.78. The van der Waals surface area contributed by atoms with Gasteiger partial charge in [0, 0.05) is 48.6 Å². The van der Waals surface area contributed by atoms with Crippen molar-refractivity contribution in [2.24, 2.45) is 0 Å². The van der Waals surface area contributed by atoms with E-state index in [1.54, 1.807) is 23.2 Å². The summed E-state index contributed by atoms with van der Waals surface area (Å²) in [5.74, 6) is 0.329. The predicted molar refractivity (Wildman–Crippen MR) is 143 cm³/mol. The lowest BCUT2D eigenvalue weighted by molar-refractivity contribution is 0.442. The molecule has 0 spiro atoms. The lowest BCUT2D eigenvalue weighted by Gasteiger charge is -2.32. The van der Waals surface area contributed by atoms with Crippen molar-refractivity contribution in [3.05, 3.63) is 60.8 Å². The summed E-state index contributed by atoms with van der Waals surface area (Å²) in [5.41, 5.74) is 2.78. The molecule has 0 unspecified atom stereocenters. The Hall–Kier alpha value is -3.24. The molecule has 36 heavy (non-hydrogen) atoms. The van der Waals surface area contributed by atoms with Gasteiger partial charge in [-0.2, -0.15) is 0 Å². The lowest BCUT2D eigenvalue weighted by atomic mass is 10.1. The number of halogens is 2. The molecular weight excluding hydrogens is 480 g/mol. The average molecular weight is 510 g/mol. The van der Waals surface area contributed by atoms with Crippen LogP contribution in [0.4, 0.5) is 20.3 Å². The maximum atomic E-state index is 15.6. The van der Waals surface area contributed by atoms with Gasteiger partial charge in [0.25, 0.3) is 0 Å². The molecule has 0 bridgehead atoms. The summed E-state index contributed by atoms with van der Waals surface area (Å²) in [6.07, 6.45) is 9.54. The van der Waals surface area contributed by atoms with E-state index in [2.05, 4.69) is 32.0 Å². The van der Waals surface area contributed by atoms with Gasteiger partial charge in [-0.05, 0) is 56.6 Å². The average Bonchev–Trinajstić information content (AvgIpc) is 3.29. The van der Waals surface area contributed by atoms with Gasteiger partial charge in [0.1, 0.15) is 23.6 Å². The molecule has 7 nitrogen and oxygen atoms in total. The third-order valence-corrected chi connectivity index (χ3v) is 7.49. The van der Waals surface area contributed by atoms with Crippen molar-refractivity contribution in [2.45, 2.75) is 32.2 Å². The molecule has 1 saturated heterocycles. The Bertz CT molecular complexity index is 1340. The van der Waals surface area contributed by atoms with Crippen LogP contribution in [-0.4, -0.2) is 51.5 Å². The summed E-state index contributed by atoms with van der Waals surface area (Å²) in [6.45, 7) is 3.99. The van der Waals surface area contributed by atoms with Gasteiger partial charge in [0.15, 0.2) is 5.82 Å². The molecule has 188 valence electrons. The number of fused-ring (bicyclic) bond motifs is 1. The number of pyridine rings is 1. The Kier molecular flexibility index (Phi) is 7.33. The van der Waals surface area contributed by atoms with Gasteiger partial charge < -0.3 is 19.5 Å². The van der Waals surface area contributed by atoms with E-state index < -0.39 is 11.6 Å². The van der Waals surface area contributed by atoms with Crippen molar-refractivity contribution in [2.75, 3.05) is 35.5 Å². The molecule has 0 amide bonds. The normalized spacial score (nSPS) is 14.3. The van der Waals surface area contributed by atoms with E-state index in [1.807, 2.05) is 19.1 Å². The van der Waals surface area contributed by atoms with E-state index in [-0.39, 0.29) is 11.4 Å². The second kappa shape index (κ2) is 10.8. The minimum Gasteiger partial charge on any atom is -0.357 e. The maximum absolute atomic E-state index is 15.6. The molecular formula is C26H29F2N7S. The highest BCUT2D eigenvalue weighted by Crippen LogP contribution is 2.36. The first-order valence-corrected chi connectivity index (χ1v) is 13.1. The number of anilines is 2. The molecule has 3 aromatic heterocycles. The van der Waals surface area contributed by atoms with Crippen molar-refractivity contribution in [1.82, 2.24) is 24.8 Å². The number of aromatic nitrogens is 4. The van der Waals surface area contributed by atoms with Crippen LogP contribution in [0.3, 0.4) is 0 Å². The molecule has 5 rings (SSSR count). The molecule has 1 aromatic carbocycles. The number of hydrogen-bond donors (Lipinski definition) is 2. The van der Waals surface area contributed by atoms with Crippen LogP contribution in [0.15, 0.2) is 49.2 Å². The molecule has 0 aliphatic carbocycles.